The first-order valence-corrected chi connectivity index (χ1v) is 5.34. The predicted octanol–water partition coefficient (Wildman–Crippen LogP) is 1.64. The molecule has 11 heavy (non-hydrogen) atoms. The molecule has 0 heterocycles. The second-order valence-corrected chi connectivity index (χ2v) is 4.02. The highest BCUT2D eigenvalue weighted by Crippen LogP contribution is 2.25. The molecule has 0 aromatic heterocycles. The summed E-state index contributed by atoms with van der Waals surface area (Å²) >= 11 is 0. The van der Waals surface area contributed by atoms with Crippen LogP contribution in [0.15, 0.2) is 0 Å². The van der Waals surface area contributed by atoms with Crippen molar-refractivity contribution in [2.24, 2.45) is 5.92 Å². The van der Waals surface area contributed by atoms with E-state index < -0.39 is 10.3 Å². The molecule has 1 aliphatic rings. The Morgan fingerprint density at radius 3 is 2.36 bits per heavy atom. The molecule has 3 heteroatoms. The smallest absolute Gasteiger partial charge is 0.185 e. The zero-order valence-electron chi connectivity index (χ0n) is 6.62. The average Bonchev–Trinajstić information content (AvgIpc) is 2.03. The van der Waals surface area contributed by atoms with E-state index in [0.717, 1.165) is 6.42 Å². The van der Waals surface area contributed by atoms with Gasteiger partial charge in [-0.2, -0.15) is 8.42 Å². The van der Waals surface area contributed by atoms with Crippen LogP contribution in [0, 0.1) is 5.92 Å². The summed E-state index contributed by atoms with van der Waals surface area (Å²) in [7, 11) is -1.94. The van der Waals surface area contributed by atoms with Gasteiger partial charge in [-0.05, 0) is 12.3 Å². The van der Waals surface area contributed by atoms with Crippen LogP contribution in [0.4, 0.5) is 0 Å². The molecule has 1 saturated carbocycles. The Morgan fingerprint density at radius 1 is 1.18 bits per heavy atom. The van der Waals surface area contributed by atoms with E-state index in [1.54, 1.807) is 0 Å². The predicted molar refractivity (Wildman–Crippen MR) is 46.2 cm³/mol. The van der Waals surface area contributed by atoms with Gasteiger partial charge in [0.05, 0.1) is 0 Å². The standard InChI is InChI=1S/C8H14O2S/c9-11(10)7-6-8-4-2-1-3-5-8/h7-8H,1-6H2. The van der Waals surface area contributed by atoms with Gasteiger partial charge < -0.3 is 0 Å². The van der Waals surface area contributed by atoms with Gasteiger partial charge >= 0.3 is 0 Å². The van der Waals surface area contributed by atoms with Crippen molar-refractivity contribution in [2.45, 2.75) is 38.5 Å². The summed E-state index contributed by atoms with van der Waals surface area (Å²) in [6.07, 6.45) is 7.09. The molecule has 0 aromatic carbocycles. The lowest BCUT2D eigenvalue weighted by molar-refractivity contribution is 0.370. The Balaban J connectivity index is 2.30. The zero-order valence-corrected chi connectivity index (χ0v) is 7.44. The van der Waals surface area contributed by atoms with Crippen molar-refractivity contribution in [3.63, 3.8) is 0 Å². The molecule has 1 fully saturated rings. The molecule has 0 spiro atoms. The summed E-state index contributed by atoms with van der Waals surface area (Å²) < 4.78 is 20.4. The first-order chi connectivity index (χ1) is 5.29. The van der Waals surface area contributed by atoms with Crippen LogP contribution in [0.25, 0.3) is 0 Å². The topological polar surface area (TPSA) is 34.1 Å². The van der Waals surface area contributed by atoms with Crippen LogP contribution in [0.5, 0.6) is 0 Å². The minimum Gasteiger partial charge on any atom is -0.185 e. The van der Waals surface area contributed by atoms with Gasteiger partial charge in [0.1, 0.15) is 0 Å². The summed E-state index contributed by atoms with van der Waals surface area (Å²) in [5.74, 6) is 0.640. The van der Waals surface area contributed by atoms with Crippen LogP contribution in [0.2, 0.25) is 0 Å². The molecule has 0 saturated heterocycles. The Hall–Kier alpha value is -0.310. The molecule has 0 unspecified atom stereocenters. The van der Waals surface area contributed by atoms with Crippen molar-refractivity contribution in [1.82, 2.24) is 0 Å². The molecule has 1 rings (SSSR count). The first-order valence-electron chi connectivity index (χ1n) is 4.20. The summed E-state index contributed by atoms with van der Waals surface area (Å²) in [6.45, 7) is 0. The largest absolute Gasteiger partial charge is 0.209 e. The van der Waals surface area contributed by atoms with E-state index in [-0.39, 0.29) is 0 Å². The van der Waals surface area contributed by atoms with Crippen LogP contribution in [-0.4, -0.2) is 13.8 Å². The van der Waals surface area contributed by atoms with Crippen molar-refractivity contribution in [3.8, 4) is 0 Å². The number of hydrogen-bond donors (Lipinski definition) is 0. The van der Waals surface area contributed by atoms with Crippen LogP contribution in [0.3, 0.4) is 0 Å². The fourth-order valence-electron chi connectivity index (χ4n) is 1.64. The Bertz CT molecular complexity index is 214. The lowest BCUT2D eigenvalue weighted by Gasteiger charge is -2.18. The van der Waals surface area contributed by atoms with E-state index in [4.69, 9.17) is 0 Å². The van der Waals surface area contributed by atoms with E-state index in [2.05, 4.69) is 0 Å². The van der Waals surface area contributed by atoms with E-state index in [9.17, 15) is 8.42 Å². The lowest BCUT2D eigenvalue weighted by atomic mass is 9.88. The maximum Gasteiger partial charge on any atom is 0.209 e. The van der Waals surface area contributed by atoms with Gasteiger partial charge in [-0.25, -0.2) is 0 Å². The molecule has 2 nitrogen and oxygen atoms in total. The molecule has 1 aliphatic carbocycles. The van der Waals surface area contributed by atoms with Crippen molar-refractivity contribution in [1.29, 1.82) is 0 Å². The molecule has 0 aromatic rings. The van der Waals surface area contributed by atoms with E-state index in [0.29, 0.717) is 5.92 Å². The van der Waals surface area contributed by atoms with Crippen LogP contribution in [-0.2, 0) is 10.3 Å². The van der Waals surface area contributed by atoms with Crippen molar-refractivity contribution in [3.05, 3.63) is 0 Å². The van der Waals surface area contributed by atoms with Crippen molar-refractivity contribution in [2.75, 3.05) is 0 Å². The molecule has 0 amide bonds. The fourth-order valence-corrected chi connectivity index (χ4v) is 2.07. The molecule has 0 bridgehead atoms. The van der Waals surface area contributed by atoms with Gasteiger partial charge in [0.15, 0.2) is 0 Å². The highest BCUT2D eigenvalue weighted by atomic mass is 32.2. The highest BCUT2D eigenvalue weighted by Gasteiger charge is 2.11. The second kappa shape index (κ2) is 4.54. The molecule has 0 radical (unpaired) electrons. The third-order valence-corrected chi connectivity index (χ3v) is 2.76. The lowest BCUT2D eigenvalue weighted by Crippen LogP contribution is -2.06. The Morgan fingerprint density at radius 2 is 1.82 bits per heavy atom. The van der Waals surface area contributed by atoms with Crippen LogP contribution < -0.4 is 0 Å². The summed E-state index contributed by atoms with van der Waals surface area (Å²) in [4.78, 5) is 0. The molecular weight excluding hydrogens is 160 g/mol. The van der Waals surface area contributed by atoms with Gasteiger partial charge in [-0.15, -0.1) is 0 Å². The van der Waals surface area contributed by atoms with E-state index in [1.807, 2.05) is 0 Å². The Kier molecular flexibility index (Phi) is 3.63. The quantitative estimate of drug-likeness (QED) is 0.596. The van der Waals surface area contributed by atoms with E-state index in [1.165, 1.54) is 37.5 Å². The van der Waals surface area contributed by atoms with E-state index >= 15 is 0 Å². The highest BCUT2D eigenvalue weighted by molar-refractivity contribution is 7.71. The third-order valence-electron chi connectivity index (χ3n) is 2.29. The SMILES string of the molecule is O=S(=O)=CCC1CCCCC1. The maximum atomic E-state index is 10.2. The number of hydrogen-bond acceptors (Lipinski definition) is 2. The minimum absolute atomic E-state index is 0.640. The van der Waals surface area contributed by atoms with Gasteiger partial charge in [-0.3, -0.25) is 0 Å². The molecule has 0 atom stereocenters. The first kappa shape index (κ1) is 8.78. The third kappa shape index (κ3) is 3.56. The van der Waals surface area contributed by atoms with Crippen molar-refractivity contribution >= 4 is 15.7 Å². The zero-order chi connectivity index (χ0) is 8.10. The molecule has 0 aliphatic heterocycles. The Labute approximate surface area is 69.1 Å². The molecule has 64 valence electrons. The van der Waals surface area contributed by atoms with Gasteiger partial charge in [0.2, 0.25) is 10.3 Å². The molecule has 0 N–H and O–H groups in total. The van der Waals surface area contributed by atoms with Gasteiger partial charge in [-0.1, -0.05) is 32.1 Å². The normalized spacial score (nSPS) is 19.6. The maximum absolute atomic E-state index is 10.2. The summed E-state index contributed by atoms with van der Waals surface area (Å²) in [5.41, 5.74) is 0. The van der Waals surface area contributed by atoms with Crippen molar-refractivity contribution < 1.29 is 8.42 Å². The van der Waals surface area contributed by atoms with Gasteiger partial charge in [0, 0.05) is 5.37 Å². The van der Waals surface area contributed by atoms with Crippen LogP contribution >= 0.6 is 0 Å². The molecular formula is C8H14O2S. The average molecular weight is 174 g/mol. The monoisotopic (exact) mass is 174 g/mol. The second-order valence-electron chi connectivity index (χ2n) is 3.17. The van der Waals surface area contributed by atoms with Gasteiger partial charge in [0.25, 0.3) is 0 Å². The van der Waals surface area contributed by atoms with Crippen LogP contribution in [0.1, 0.15) is 38.5 Å². The summed E-state index contributed by atoms with van der Waals surface area (Å²) in [5, 5.41) is 1.40. The minimum atomic E-state index is -1.94. The fraction of sp³-hybridized carbons (Fsp3) is 0.875. The summed E-state index contributed by atoms with van der Waals surface area (Å²) in [6, 6.07) is 0. The number of rotatable bonds is 2.